The SMILES string of the molecule is N#Cc1cn(CC(=O)Nc2ccc(S(=O)(=O)Nc3nccs3)cc2)c2ccccc12. The van der Waals surface area contributed by atoms with E-state index in [1.165, 1.54) is 41.8 Å². The highest BCUT2D eigenvalue weighted by Crippen LogP contribution is 2.22. The van der Waals surface area contributed by atoms with Crippen LogP contribution in [0.5, 0.6) is 0 Å². The van der Waals surface area contributed by atoms with E-state index >= 15 is 0 Å². The fourth-order valence-electron chi connectivity index (χ4n) is 2.99. The summed E-state index contributed by atoms with van der Waals surface area (Å²) in [6.45, 7) is 0.0217. The van der Waals surface area contributed by atoms with Gasteiger partial charge >= 0.3 is 0 Å². The number of carbonyl (C=O) groups is 1. The average Bonchev–Trinajstić information content (AvgIpc) is 3.36. The number of amides is 1. The Bertz CT molecular complexity index is 1350. The largest absolute Gasteiger partial charge is 0.337 e. The van der Waals surface area contributed by atoms with Crippen molar-refractivity contribution in [1.29, 1.82) is 5.26 Å². The highest BCUT2D eigenvalue weighted by atomic mass is 32.2. The molecule has 0 saturated heterocycles. The molecule has 10 heteroatoms. The second-order valence-electron chi connectivity index (χ2n) is 6.31. The molecule has 150 valence electrons. The van der Waals surface area contributed by atoms with E-state index in [1.807, 2.05) is 24.3 Å². The van der Waals surface area contributed by atoms with Gasteiger partial charge in [-0.1, -0.05) is 18.2 Å². The van der Waals surface area contributed by atoms with Crippen LogP contribution in [0.2, 0.25) is 0 Å². The van der Waals surface area contributed by atoms with E-state index < -0.39 is 10.0 Å². The van der Waals surface area contributed by atoms with Crippen molar-refractivity contribution in [2.75, 3.05) is 10.0 Å². The predicted molar refractivity (Wildman–Crippen MR) is 115 cm³/mol. The van der Waals surface area contributed by atoms with Crippen molar-refractivity contribution in [2.45, 2.75) is 11.4 Å². The summed E-state index contributed by atoms with van der Waals surface area (Å²) in [6, 6.07) is 15.3. The summed E-state index contributed by atoms with van der Waals surface area (Å²) >= 11 is 1.18. The van der Waals surface area contributed by atoms with Gasteiger partial charge in [0.15, 0.2) is 5.13 Å². The molecule has 0 saturated carbocycles. The smallest absolute Gasteiger partial charge is 0.263 e. The van der Waals surface area contributed by atoms with Crippen LogP contribution in [0.25, 0.3) is 10.9 Å². The summed E-state index contributed by atoms with van der Waals surface area (Å²) in [4.78, 5) is 16.4. The zero-order valence-electron chi connectivity index (χ0n) is 15.4. The molecule has 4 aromatic rings. The fraction of sp³-hybridized carbons (Fsp3) is 0.0500. The van der Waals surface area contributed by atoms with E-state index in [0.717, 1.165) is 10.9 Å². The van der Waals surface area contributed by atoms with Crippen LogP contribution in [0.3, 0.4) is 0 Å². The number of anilines is 2. The Morgan fingerprint density at radius 3 is 2.63 bits per heavy atom. The van der Waals surface area contributed by atoms with Gasteiger partial charge in [0.25, 0.3) is 10.0 Å². The van der Waals surface area contributed by atoms with Crippen LogP contribution in [-0.2, 0) is 21.4 Å². The summed E-state index contributed by atoms with van der Waals surface area (Å²) in [5.41, 5.74) is 1.75. The molecule has 0 atom stereocenters. The van der Waals surface area contributed by atoms with E-state index in [0.29, 0.717) is 11.3 Å². The number of rotatable bonds is 6. The Hall–Kier alpha value is -3.68. The van der Waals surface area contributed by atoms with Crippen LogP contribution in [0.1, 0.15) is 5.56 Å². The van der Waals surface area contributed by atoms with E-state index in [-0.39, 0.29) is 22.5 Å². The molecular weight excluding hydrogens is 422 g/mol. The number of thiazole rings is 1. The number of nitrogens with one attached hydrogen (secondary N) is 2. The van der Waals surface area contributed by atoms with Crippen LogP contribution in [0, 0.1) is 11.3 Å². The number of fused-ring (bicyclic) bond motifs is 1. The molecule has 0 aliphatic rings. The first kappa shape index (κ1) is 19.6. The van der Waals surface area contributed by atoms with E-state index in [4.69, 9.17) is 0 Å². The summed E-state index contributed by atoms with van der Waals surface area (Å²) < 4.78 is 28.8. The average molecular weight is 438 g/mol. The van der Waals surface area contributed by atoms with Crippen molar-refractivity contribution >= 4 is 49.0 Å². The molecule has 0 radical (unpaired) electrons. The quantitative estimate of drug-likeness (QED) is 0.479. The molecule has 8 nitrogen and oxygen atoms in total. The van der Waals surface area contributed by atoms with Gasteiger partial charge in [0, 0.05) is 34.4 Å². The van der Waals surface area contributed by atoms with Gasteiger partial charge < -0.3 is 9.88 Å². The summed E-state index contributed by atoms with van der Waals surface area (Å²) in [5, 5.41) is 14.7. The Morgan fingerprint density at radius 2 is 1.93 bits per heavy atom. The van der Waals surface area contributed by atoms with Crippen molar-refractivity contribution in [1.82, 2.24) is 9.55 Å². The van der Waals surface area contributed by atoms with Crippen LogP contribution < -0.4 is 10.0 Å². The molecule has 0 unspecified atom stereocenters. The zero-order chi connectivity index (χ0) is 21.1. The van der Waals surface area contributed by atoms with Gasteiger partial charge in [-0.25, -0.2) is 13.4 Å². The summed E-state index contributed by atoms with van der Waals surface area (Å²) in [6.07, 6.45) is 3.15. The van der Waals surface area contributed by atoms with E-state index in [9.17, 15) is 18.5 Å². The Morgan fingerprint density at radius 1 is 1.17 bits per heavy atom. The van der Waals surface area contributed by atoms with Gasteiger partial charge in [-0.15, -0.1) is 11.3 Å². The van der Waals surface area contributed by atoms with Crippen molar-refractivity contribution < 1.29 is 13.2 Å². The van der Waals surface area contributed by atoms with Gasteiger partial charge in [-0.05, 0) is 30.3 Å². The predicted octanol–water partition coefficient (Wildman–Crippen LogP) is 3.41. The van der Waals surface area contributed by atoms with Crippen molar-refractivity contribution in [2.24, 2.45) is 0 Å². The fourth-order valence-corrected chi connectivity index (χ4v) is 4.78. The molecular formula is C20H15N5O3S2. The lowest BCUT2D eigenvalue weighted by atomic mass is 10.2. The van der Waals surface area contributed by atoms with Crippen LogP contribution >= 0.6 is 11.3 Å². The molecule has 30 heavy (non-hydrogen) atoms. The third-order valence-corrected chi connectivity index (χ3v) is 6.50. The number of carbonyl (C=O) groups excluding carboxylic acids is 1. The third-order valence-electron chi connectivity index (χ3n) is 4.33. The van der Waals surface area contributed by atoms with Crippen molar-refractivity contribution in [3.8, 4) is 6.07 Å². The number of sulfonamides is 1. The number of para-hydroxylation sites is 1. The molecule has 0 bridgehead atoms. The lowest BCUT2D eigenvalue weighted by molar-refractivity contribution is -0.116. The molecule has 0 aliphatic heterocycles. The minimum Gasteiger partial charge on any atom is -0.337 e. The highest BCUT2D eigenvalue weighted by Gasteiger charge is 2.16. The number of hydrogen-bond acceptors (Lipinski definition) is 6. The zero-order valence-corrected chi connectivity index (χ0v) is 17.1. The normalized spacial score (nSPS) is 11.2. The van der Waals surface area contributed by atoms with Crippen LogP contribution in [0.15, 0.2) is 71.2 Å². The summed E-state index contributed by atoms with van der Waals surface area (Å²) in [5.74, 6) is -0.295. The van der Waals surface area contributed by atoms with Crippen LogP contribution in [0.4, 0.5) is 10.8 Å². The molecule has 4 rings (SSSR count). The first-order valence-electron chi connectivity index (χ1n) is 8.76. The van der Waals surface area contributed by atoms with Crippen LogP contribution in [-0.4, -0.2) is 23.9 Å². The monoisotopic (exact) mass is 437 g/mol. The molecule has 0 spiro atoms. The molecule has 1 amide bonds. The molecule has 2 heterocycles. The standard InChI is InChI=1S/C20H15N5O3S2/c21-11-14-12-25(18-4-2-1-3-17(14)18)13-19(26)23-15-5-7-16(8-6-15)30(27,28)24-20-22-9-10-29-20/h1-10,12H,13H2,(H,22,24)(H,23,26). The van der Waals surface area contributed by atoms with Crippen molar-refractivity contribution in [3.63, 3.8) is 0 Å². The molecule has 2 aromatic carbocycles. The van der Waals surface area contributed by atoms with E-state index in [2.05, 4.69) is 21.1 Å². The maximum absolute atomic E-state index is 12.5. The Balaban J connectivity index is 1.46. The maximum atomic E-state index is 12.5. The second-order valence-corrected chi connectivity index (χ2v) is 8.89. The number of nitrogens with zero attached hydrogens (tertiary/aromatic N) is 3. The topological polar surface area (TPSA) is 117 Å². The van der Waals surface area contributed by atoms with Gasteiger partial charge in [-0.3, -0.25) is 9.52 Å². The summed E-state index contributed by atoms with van der Waals surface area (Å²) in [7, 11) is -3.75. The van der Waals surface area contributed by atoms with Gasteiger partial charge in [0.05, 0.1) is 10.5 Å². The molecule has 2 aromatic heterocycles. The minimum atomic E-state index is -3.75. The first-order chi connectivity index (χ1) is 14.5. The third kappa shape index (κ3) is 4.03. The van der Waals surface area contributed by atoms with E-state index in [1.54, 1.807) is 16.1 Å². The minimum absolute atomic E-state index is 0.0217. The van der Waals surface area contributed by atoms with Gasteiger partial charge in [-0.2, -0.15) is 5.26 Å². The molecule has 2 N–H and O–H groups in total. The highest BCUT2D eigenvalue weighted by molar-refractivity contribution is 7.93. The second kappa shape index (κ2) is 7.98. The number of aromatic nitrogens is 2. The lowest BCUT2D eigenvalue weighted by Crippen LogP contribution is -2.18. The first-order valence-corrected chi connectivity index (χ1v) is 11.1. The Kier molecular flexibility index (Phi) is 5.22. The molecule has 0 fully saturated rings. The maximum Gasteiger partial charge on any atom is 0.263 e. The number of benzene rings is 2. The number of hydrogen-bond donors (Lipinski definition) is 2. The van der Waals surface area contributed by atoms with Gasteiger partial charge in [0.1, 0.15) is 12.6 Å². The van der Waals surface area contributed by atoms with Crippen molar-refractivity contribution in [3.05, 3.63) is 71.9 Å². The van der Waals surface area contributed by atoms with Gasteiger partial charge in [0.2, 0.25) is 5.91 Å². The Labute approximate surface area is 176 Å². The number of nitriles is 1. The lowest BCUT2D eigenvalue weighted by Gasteiger charge is -2.09. The molecule has 0 aliphatic carbocycles.